The number of amides is 3. The molecular formula is C30H42N4O5. The van der Waals surface area contributed by atoms with Crippen LogP contribution in [0.5, 0.6) is 5.75 Å². The molecule has 0 aromatic heterocycles. The molecule has 0 aliphatic heterocycles. The fourth-order valence-corrected chi connectivity index (χ4v) is 3.89. The normalized spacial score (nSPS) is 13.0. The maximum Gasteiger partial charge on any atom is 0.248 e. The molecule has 0 saturated carbocycles. The van der Waals surface area contributed by atoms with Crippen LogP contribution in [0, 0.1) is 0 Å². The van der Waals surface area contributed by atoms with Crippen molar-refractivity contribution in [2.45, 2.75) is 50.9 Å². The van der Waals surface area contributed by atoms with Crippen LogP contribution < -0.4 is 15.8 Å². The zero-order valence-corrected chi connectivity index (χ0v) is 23.8. The van der Waals surface area contributed by atoms with Crippen molar-refractivity contribution < 1.29 is 23.9 Å². The van der Waals surface area contributed by atoms with Gasteiger partial charge in [0.1, 0.15) is 17.8 Å². The van der Waals surface area contributed by atoms with Gasteiger partial charge in [0.05, 0.1) is 20.3 Å². The van der Waals surface area contributed by atoms with Crippen LogP contribution in [0.4, 0.5) is 0 Å². The lowest BCUT2D eigenvalue weighted by atomic mass is 10.0. The quantitative estimate of drug-likeness (QED) is 0.358. The highest BCUT2D eigenvalue weighted by Gasteiger charge is 2.34. The summed E-state index contributed by atoms with van der Waals surface area (Å²) < 4.78 is 11.1. The first-order valence-corrected chi connectivity index (χ1v) is 12.9. The van der Waals surface area contributed by atoms with Crippen molar-refractivity contribution in [2.24, 2.45) is 5.73 Å². The molecule has 9 nitrogen and oxygen atoms in total. The van der Waals surface area contributed by atoms with Gasteiger partial charge in [0.2, 0.25) is 17.7 Å². The third-order valence-corrected chi connectivity index (χ3v) is 6.34. The van der Waals surface area contributed by atoms with E-state index in [1.54, 1.807) is 39.4 Å². The second-order valence-corrected chi connectivity index (χ2v) is 10.2. The highest BCUT2D eigenvalue weighted by molar-refractivity contribution is 5.94. The molecule has 39 heavy (non-hydrogen) atoms. The van der Waals surface area contributed by atoms with E-state index in [1.165, 1.54) is 22.9 Å². The molecule has 0 radical (unpaired) electrons. The number of hydrogen-bond donors (Lipinski definition) is 2. The fraction of sp³-hybridized carbons (Fsp3) is 0.433. The number of benzene rings is 2. The summed E-state index contributed by atoms with van der Waals surface area (Å²) in [6.07, 6.45) is 3.90. The van der Waals surface area contributed by atoms with Crippen molar-refractivity contribution in [1.29, 1.82) is 0 Å². The largest absolute Gasteiger partial charge is 0.497 e. The average Bonchev–Trinajstić information content (AvgIpc) is 2.92. The number of nitrogens with two attached hydrogens (primary N) is 1. The molecule has 0 bridgehead atoms. The summed E-state index contributed by atoms with van der Waals surface area (Å²) >= 11 is 0. The van der Waals surface area contributed by atoms with Gasteiger partial charge in [-0.15, -0.1) is 0 Å². The number of nitrogens with zero attached hydrogens (tertiary/aromatic N) is 2. The number of ether oxygens (including phenoxy) is 2. The fourth-order valence-electron chi connectivity index (χ4n) is 3.89. The van der Waals surface area contributed by atoms with Gasteiger partial charge in [0.15, 0.2) is 0 Å². The predicted octanol–water partition coefficient (Wildman–Crippen LogP) is 2.54. The zero-order valence-electron chi connectivity index (χ0n) is 23.8. The highest BCUT2D eigenvalue weighted by Crippen LogP contribution is 2.16. The number of rotatable bonds is 14. The molecule has 0 spiro atoms. The van der Waals surface area contributed by atoms with Crippen LogP contribution in [0.25, 0.3) is 0 Å². The van der Waals surface area contributed by atoms with Gasteiger partial charge in [-0.05, 0) is 49.6 Å². The van der Waals surface area contributed by atoms with Gasteiger partial charge >= 0.3 is 0 Å². The number of hydrogen-bond acceptors (Lipinski definition) is 6. The van der Waals surface area contributed by atoms with Gasteiger partial charge < -0.3 is 30.3 Å². The monoisotopic (exact) mass is 538 g/mol. The number of methoxy groups -OCH3 is 1. The van der Waals surface area contributed by atoms with E-state index in [-0.39, 0.29) is 31.4 Å². The van der Waals surface area contributed by atoms with Crippen LogP contribution in [0.2, 0.25) is 0 Å². The Bertz CT molecular complexity index is 1100. The van der Waals surface area contributed by atoms with Crippen LogP contribution in [-0.4, -0.2) is 80.0 Å². The third kappa shape index (κ3) is 10.2. The van der Waals surface area contributed by atoms with Crippen molar-refractivity contribution >= 4 is 17.7 Å². The van der Waals surface area contributed by atoms with E-state index in [0.29, 0.717) is 12.2 Å². The predicted molar refractivity (Wildman–Crippen MR) is 152 cm³/mol. The van der Waals surface area contributed by atoms with Gasteiger partial charge in [-0.2, -0.15) is 0 Å². The van der Waals surface area contributed by atoms with Crippen LogP contribution in [0.1, 0.15) is 31.4 Å². The van der Waals surface area contributed by atoms with E-state index in [2.05, 4.69) is 5.32 Å². The number of carbonyl (C=O) groups is 3. The van der Waals surface area contributed by atoms with Crippen molar-refractivity contribution in [1.82, 2.24) is 15.1 Å². The molecule has 2 rings (SSSR count). The summed E-state index contributed by atoms with van der Waals surface area (Å²) in [7, 11) is 6.24. The first-order chi connectivity index (χ1) is 18.5. The number of carbonyl (C=O) groups excluding carboxylic acids is 3. The SMILES string of the molecule is CNC(=O)[C@@H](Cc1ccc(OC)cc1)N(C)C(=O)[C@@H](COCc1ccccc1)N(C)C(=O)C=CCC(C)(C)N. The molecule has 9 heteroatoms. The molecule has 212 valence electrons. The maximum atomic E-state index is 13.8. The highest BCUT2D eigenvalue weighted by atomic mass is 16.5. The van der Waals surface area contributed by atoms with Crippen molar-refractivity contribution in [3.63, 3.8) is 0 Å². The standard InChI is InChI=1S/C30H42N4O5/c1-30(2,31)18-10-13-27(35)33(4)26(21-39-20-23-11-8-7-9-12-23)29(37)34(5)25(28(36)32-3)19-22-14-16-24(38-6)17-15-22/h7-17,25-26H,18-21,31H2,1-6H3,(H,32,36)/t25-,26-/m1/s1. The Labute approximate surface area is 231 Å². The third-order valence-electron chi connectivity index (χ3n) is 6.34. The van der Waals surface area contributed by atoms with Gasteiger partial charge in [-0.1, -0.05) is 48.5 Å². The first kappa shape index (κ1) is 31.5. The molecule has 2 atom stereocenters. The maximum absolute atomic E-state index is 13.8. The molecule has 0 fully saturated rings. The molecule has 0 aliphatic rings. The minimum atomic E-state index is -0.954. The minimum Gasteiger partial charge on any atom is -0.497 e. The van der Waals surface area contributed by atoms with Gasteiger partial charge in [-0.25, -0.2) is 0 Å². The summed E-state index contributed by atoms with van der Waals surface area (Å²) in [6.45, 7) is 3.97. The number of nitrogens with one attached hydrogen (secondary N) is 1. The van der Waals surface area contributed by atoms with E-state index < -0.39 is 23.5 Å². The molecule has 2 aromatic rings. The molecule has 0 heterocycles. The van der Waals surface area contributed by atoms with E-state index in [0.717, 1.165) is 11.1 Å². The Kier molecular flexibility index (Phi) is 12.2. The molecule has 0 aliphatic carbocycles. The van der Waals surface area contributed by atoms with Gasteiger partial charge in [0.25, 0.3) is 0 Å². The first-order valence-electron chi connectivity index (χ1n) is 12.9. The van der Waals surface area contributed by atoms with Crippen LogP contribution in [0.3, 0.4) is 0 Å². The number of likely N-dealkylation sites (N-methyl/N-ethyl adjacent to an activating group) is 3. The molecule has 0 saturated heterocycles. The van der Waals surface area contributed by atoms with Crippen LogP contribution >= 0.6 is 0 Å². The van der Waals surface area contributed by atoms with Crippen molar-refractivity contribution in [3.8, 4) is 5.75 Å². The average molecular weight is 539 g/mol. The summed E-state index contributed by atoms with van der Waals surface area (Å²) in [5.74, 6) is -0.388. The zero-order chi connectivity index (χ0) is 29.0. The van der Waals surface area contributed by atoms with E-state index in [4.69, 9.17) is 15.2 Å². The van der Waals surface area contributed by atoms with Crippen LogP contribution in [0.15, 0.2) is 66.7 Å². The Balaban J connectivity index is 2.27. The molecule has 0 unspecified atom stereocenters. The molecule has 3 amide bonds. The Morgan fingerprint density at radius 1 is 0.974 bits per heavy atom. The second-order valence-electron chi connectivity index (χ2n) is 10.2. The van der Waals surface area contributed by atoms with Crippen LogP contribution in [-0.2, 0) is 32.1 Å². The smallest absolute Gasteiger partial charge is 0.248 e. The summed E-state index contributed by atoms with van der Waals surface area (Å²) in [6, 6.07) is 15.1. The van der Waals surface area contributed by atoms with Gasteiger partial charge in [-0.3, -0.25) is 14.4 Å². The van der Waals surface area contributed by atoms with E-state index in [9.17, 15) is 14.4 Å². The lowest BCUT2D eigenvalue weighted by molar-refractivity contribution is -0.148. The van der Waals surface area contributed by atoms with Crippen molar-refractivity contribution in [2.75, 3.05) is 34.9 Å². The lowest BCUT2D eigenvalue weighted by Crippen LogP contribution is -2.56. The summed E-state index contributed by atoms with van der Waals surface area (Å²) in [5, 5.41) is 2.65. The molecular weight excluding hydrogens is 496 g/mol. The topological polar surface area (TPSA) is 114 Å². The lowest BCUT2D eigenvalue weighted by Gasteiger charge is -2.34. The Hall–Kier alpha value is -3.69. The molecule has 2 aromatic carbocycles. The minimum absolute atomic E-state index is 0.0421. The Morgan fingerprint density at radius 3 is 2.18 bits per heavy atom. The Morgan fingerprint density at radius 2 is 1.62 bits per heavy atom. The second kappa shape index (κ2) is 15.0. The van der Waals surface area contributed by atoms with Crippen molar-refractivity contribution in [3.05, 3.63) is 77.9 Å². The van der Waals surface area contributed by atoms with Gasteiger partial charge in [0, 0.05) is 33.1 Å². The summed E-state index contributed by atoms with van der Waals surface area (Å²) in [5.41, 5.74) is 7.35. The van der Waals surface area contributed by atoms with E-state index >= 15 is 0 Å². The summed E-state index contributed by atoms with van der Waals surface area (Å²) in [4.78, 5) is 42.5. The van der Waals surface area contributed by atoms with E-state index in [1.807, 2.05) is 56.3 Å². The molecule has 3 N–H and O–H groups in total.